The van der Waals surface area contributed by atoms with Crippen molar-refractivity contribution < 1.29 is 13.2 Å². The average Bonchev–Trinajstić information content (AvgIpc) is 2.67. The Hall–Kier alpha value is -1.89. The number of anilines is 1. The van der Waals surface area contributed by atoms with E-state index in [-0.39, 0.29) is 24.1 Å². The number of hydrogen-bond donors (Lipinski definition) is 1. The van der Waals surface area contributed by atoms with E-state index in [0.717, 1.165) is 16.8 Å². The predicted molar refractivity (Wildman–Crippen MR) is 113 cm³/mol. The first-order chi connectivity index (χ1) is 13.3. The average molecular weight is 421 g/mol. The van der Waals surface area contributed by atoms with E-state index in [9.17, 15) is 13.2 Å². The SMILES string of the molecule is Cc1cccc(NC(=O)[C@@H]2CCCN(S(=O)(=O)Cc3ccc(Cl)cc3)C2)c1C. The molecule has 3 rings (SSSR count). The lowest BCUT2D eigenvalue weighted by Gasteiger charge is -2.31. The molecule has 150 valence electrons. The molecule has 1 heterocycles. The maximum Gasteiger partial charge on any atom is 0.228 e. The molecule has 1 amide bonds. The van der Waals surface area contributed by atoms with E-state index < -0.39 is 10.0 Å². The molecular weight excluding hydrogens is 396 g/mol. The zero-order valence-corrected chi connectivity index (χ0v) is 17.7. The molecule has 0 spiro atoms. The minimum Gasteiger partial charge on any atom is -0.326 e. The highest BCUT2D eigenvalue weighted by atomic mass is 35.5. The molecule has 2 aromatic carbocycles. The number of piperidine rings is 1. The number of carbonyl (C=O) groups excluding carboxylic acids is 1. The van der Waals surface area contributed by atoms with Crippen LogP contribution in [-0.2, 0) is 20.6 Å². The van der Waals surface area contributed by atoms with E-state index in [1.54, 1.807) is 24.3 Å². The van der Waals surface area contributed by atoms with Crippen molar-refractivity contribution in [3.63, 3.8) is 0 Å². The van der Waals surface area contributed by atoms with Gasteiger partial charge in [0.15, 0.2) is 0 Å². The van der Waals surface area contributed by atoms with Gasteiger partial charge in [-0.1, -0.05) is 35.9 Å². The van der Waals surface area contributed by atoms with E-state index in [1.165, 1.54) is 4.31 Å². The van der Waals surface area contributed by atoms with Gasteiger partial charge < -0.3 is 5.32 Å². The zero-order chi connectivity index (χ0) is 20.3. The summed E-state index contributed by atoms with van der Waals surface area (Å²) in [6.07, 6.45) is 1.36. The third-order valence-electron chi connectivity index (χ3n) is 5.27. The number of benzene rings is 2. The number of nitrogens with zero attached hydrogens (tertiary/aromatic N) is 1. The Bertz CT molecular complexity index is 958. The normalized spacial score (nSPS) is 18.0. The third-order valence-corrected chi connectivity index (χ3v) is 7.34. The number of rotatable bonds is 5. The molecule has 0 saturated carbocycles. The molecule has 0 aromatic heterocycles. The summed E-state index contributed by atoms with van der Waals surface area (Å²) < 4.78 is 27.1. The second kappa shape index (κ2) is 8.64. The Morgan fingerprint density at radius 1 is 1.18 bits per heavy atom. The van der Waals surface area contributed by atoms with Crippen molar-refractivity contribution in [3.05, 3.63) is 64.2 Å². The van der Waals surface area contributed by atoms with Crippen molar-refractivity contribution in [3.8, 4) is 0 Å². The van der Waals surface area contributed by atoms with E-state index >= 15 is 0 Å². The smallest absolute Gasteiger partial charge is 0.228 e. The van der Waals surface area contributed by atoms with Crippen molar-refractivity contribution in [2.45, 2.75) is 32.4 Å². The maximum atomic E-state index is 12.8. The lowest BCUT2D eigenvalue weighted by atomic mass is 9.98. The Labute approximate surface area is 171 Å². The highest BCUT2D eigenvalue weighted by molar-refractivity contribution is 7.88. The van der Waals surface area contributed by atoms with Crippen LogP contribution in [0, 0.1) is 19.8 Å². The largest absolute Gasteiger partial charge is 0.326 e. The molecule has 1 N–H and O–H groups in total. The summed E-state index contributed by atoms with van der Waals surface area (Å²) in [4.78, 5) is 12.8. The van der Waals surface area contributed by atoms with Gasteiger partial charge in [-0.15, -0.1) is 0 Å². The lowest BCUT2D eigenvalue weighted by Crippen LogP contribution is -2.44. The number of carbonyl (C=O) groups is 1. The number of amides is 1. The molecular formula is C21H25ClN2O3S. The molecule has 0 radical (unpaired) electrons. The lowest BCUT2D eigenvalue weighted by molar-refractivity contribution is -0.120. The summed E-state index contributed by atoms with van der Waals surface area (Å²) in [7, 11) is -3.49. The van der Waals surface area contributed by atoms with Crippen LogP contribution in [0.25, 0.3) is 0 Å². The van der Waals surface area contributed by atoms with Gasteiger partial charge in [0.1, 0.15) is 0 Å². The molecule has 2 aromatic rings. The van der Waals surface area contributed by atoms with E-state index in [2.05, 4.69) is 5.32 Å². The summed E-state index contributed by atoms with van der Waals surface area (Å²) >= 11 is 5.87. The predicted octanol–water partition coefficient (Wildman–Crippen LogP) is 4.14. The molecule has 0 aliphatic carbocycles. The zero-order valence-electron chi connectivity index (χ0n) is 16.1. The highest BCUT2D eigenvalue weighted by Crippen LogP contribution is 2.25. The molecule has 1 saturated heterocycles. The number of hydrogen-bond acceptors (Lipinski definition) is 3. The quantitative estimate of drug-likeness (QED) is 0.790. The monoisotopic (exact) mass is 420 g/mol. The summed E-state index contributed by atoms with van der Waals surface area (Å²) in [5, 5.41) is 3.55. The standard InChI is InChI=1S/C21H25ClN2O3S/c1-15-5-3-7-20(16(15)2)23-21(25)18-6-4-12-24(13-18)28(26,27)14-17-8-10-19(22)11-9-17/h3,5,7-11,18H,4,6,12-14H2,1-2H3,(H,23,25)/t18-/m1/s1. The first-order valence-corrected chi connectivity index (χ1v) is 11.3. The van der Waals surface area contributed by atoms with Gasteiger partial charge in [-0.25, -0.2) is 12.7 Å². The summed E-state index contributed by atoms with van der Waals surface area (Å²) in [6, 6.07) is 12.6. The second-order valence-electron chi connectivity index (χ2n) is 7.32. The van der Waals surface area contributed by atoms with Crippen LogP contribution in [0.2, 0.25) is 5.02 Å². The molecule has 1 aliphatic heterocycles. The molecule has 7 heteroatoms. The molecule has 1 atom stereocenters. The van der Waals surface area contributed by atoms with E-state index in [4.69, 9.17) is 11.6 Å². The number of nitrogens with one attached hydrogen (secondary N) is 1. The van der Waals surface area contributed by atoms with E-state index in [1.807, 2.05) is 32.0 Å². The first-order valence-electron chi connectivity index (χ1n) is 9.35. The molecule has 0 unspecified atom stereocenters. The Balaban J connectivity index is 1.68. The van der Waals surface area contributed by atoms with Crippen molar-refractivity contribution >= 4 is 33.2 Å². The van der Waals surface area contributed by atoms with Crippen LogP contribution >= 0.6 is 11.6 Å². The summed E-state index contributed by atoms with van der Waals surface area (Å²) in [6.45, 7) is 4.63. The van der Waals surface area contributed by atoms with Crippen LogP contribution < -0.4 is 5.32 Å². The molecule has 1 fully saturated rings. The summed E-state index contributed by atoms with van der Waals surface area (Å²) in [5.74, 6) is -0.566. The van der Waals surface area contributed by atoms with Gasteiger partial charge in [0.05, 0.1) is 11.7 Å². The van der Waals surface area contributed by atoms with Gasteiger partial charge in [0, 0.05) is 23.8 Å². The third kappa shape index (κ3) is 4.93. The molecule has 28 heavy (non-hydrogen) atoms. The topological polar surface area (TPSA) is 66.5 Å². The van der Waals surface area contributed by atoms with Gasteiger partial charge >= 0.3 is 0 Å². The Morgan fingerprint density at radius 3 is 2.61 bits per heavy atom. The number of aryl methyl sites for hydroxylation is 1. The van der Waals surface area contributed by atoms with Crippen LogP contribution in [0.3, 0.4) is 0 Å². The highest BCUT2D eigenvalue weighted by Gasteiger charge is 2.32. The van der Waals surface area contributed by atoms with Crippen LogP contribution in [0.15, 0.2) is 42.5 Å². The first kappa shape index (κ1) is 20.8. The van der Waals surface area contributed by atoms with E-state index in [0.29, 0.717) is 30.0 Å². The number of halogens is 1. The molecule has 5 nitrogen and oxygen atoms in total. The van der Waals surface area contributed by atoms with Gasteiger partial charge in [0.25, 0.3) is 0 Å². The fourth-order valence-electron chi connectivity index (χ4n) is 3.41. The minimum absolute atomic E-state index is 0.0878. The van der Waals surface area contributed by atoms with Crippen LogP contribution in [-0.4, -0.2) is 31.7 Å². The van der Waals surface area contributed by atoms with Crippen molar-refractivity contribution in [2.24, 2.45) is 5.92 Å². The molecule has 1 aliphatic rings. The van der Waals surface area contributed by atoms with Gasteiger partial charge in [0.2, 0.25) is 15.9 Å². The van der Waals surface area contributed by atoms with Crippen LogP contribution in [0.4, 0.5) is 5.69 Å². The summed E-state index contributed by atoms with van der Waals surface area (Å²) in [5.41, 5.74) is 3.60. The second-order valence-corrected chi connectivity index (χ2v) is 9.72. The van der Waals surface area contributed by atoms with Crippen LogP contribution in [0.5, 0.6) is 0 Å². The van der Waals surface area contributed by atoms with Crippen LogP contribution in [0.1, 0.15) is 29.5 Å². The van der Waals surface area contributed by atoms with Crippen molar-refractivity contribution in [1.29, 1.82) is 0 Å². The van der Waals surface area contributed by atoms with Gasteiger partial charge in [-0.3, -0.25) is 4.79 Å². The fraction of sp³-hybridized carbons (Fsp3) is 0.381. The minimum atomic E-state index is -3.49. The Morgan fingerprint density at radius 2 is 1.89 bits per heavy atom. The number of sulfonamides is 1. The van der Waals surface area contributed by atoms with Crippen molar-refractivity contribution in [1.82, 2.24) is 4.31 Å². The Kier molecular flexibility index (Phi) is 6.43. The maximum absolute atomic E-state index is 12.8. The van der Waals surface area contributed by atoms with Gasteiger partial charge in [-0.05, 0) is 61.6 Å². The van der Waals surface area contributed by atoms with Crippen molar-refractivity contribution in [2.75, 3.05) is 18.4 Å². The fourth-order valence-corrected chi connectivity index (χ4v) is 5.15. The van der Waals surface area contributed by atoms with Gasteiger partial charge in [-0.2, -0.15) is 0 Å². The molecule has 0 bridgehead atoms.